The van der Waals surface area contributed by atoms with Gasteiger partial charge in [-0.2, -0.15) is 0 Å². The van der Waals surface area contributed by atoms with E-state index < -0.39 is 0 Å². The van der Waals surface area contributed by atoms with Crippen LogP contribution in [0.25, 0.3) is 10.6 Å². The minimum Gasteiger partial charge on any atom is -0.494 e. The smallest absolute Gasteiger partial charge is 0.226 e. The van der Waals surface area contributed by atoms with Gasteiger partial charge in [0.05, 0.1) is 24.2 Å². The Kier molecular flexibility index (Phi) is 7.40. The van der Waals surface area contributed by atoms with Crippen LogP contribution in [0.5, 0.6) is 5.75 Å². The topological polar surface area (TPSA) is 54.5 Å². The van der Waals surface area contributed by atoms with Crippen molar-refractivity contribution in [1.82, 2.24) is 15.2 Å². The standard InChI is InChI=1S/C24H25ClFN3O2S/c1-31-22-7-6-16(12-21(22)26)14-29-10-8-17(9-11-29)27-23(30)13-18-15-32-24(28-18)19-4-2-3-5-20(19)25/h2-7,12,15,17H,8-11,13-14H2,1H3,(H,27,30). The summed E-state index contributed by atoms with van der Waals surface area (Å²) in [6.07, 6.45) is 1.99. The number of methoxy groups -OCH3 is 1. The number of benzene rings is 2. The molecule has 0 unspecified atom stereocenters. The average molecular weight is 474 g/mol. The summed E-state index contributed by atoms with van der Waals surface area (Å²) < 4.78 is 18.9. The quantitative estimate of drug-likeness (QED) is 0.528. The second-order valence-electron chi connectivity index (χ2n) is 7.89. The molecule has 168 valence electrons. The minimum atomic E-state index is -0.341. The zero-order valence-electron chi connectivity index (χ0n) is 17.8. The zero-order valence-corrected chi connectivity index (χ0v) is 19.4. The molecule has 4 rings (SSSR count). The molecule has 1 aliphatic rings. The number of aromatic nitrogens is 1. The van der Waals surface area contributed by atoms with Gasteiger partial charge in [0.2, 0.25) is 5.91 Å². The van der Waals surface area contributed by atoms with Crippen molar-refractivity contribution < 1.29 is 13.9 Å². The van der Waals surface area contributed by atoms with Crippen LogP contribution in [0, 0.1) is 5.82 Å². The van der Waals surface area contributed by atoms with Crippen molar-refractivity contribution in [2.45, 2.75) is 31.8 Å². The highest BCUT2D eigenvalue weighted by molar-refractivity contribution is 7.13. The predicted octanol–water partition coefficient (Wildman–Crippen LogP) is 4.93. The molecule has 0 aliphatic carbocycles. The molecule has 8 heteroatoms. The van der Waals surface area contributed by atoms with Gasteiger partial charge in [-0.15, -0.1) is 11.3 Å². The summed E-state index contributed by atoms with van der Waals surface area (Å²) >= 11 is 7.74. The Bertz CT molecular complexity index is 1080. The summed E-state index contributed by atoms with van der Waals surface area (Å²) in [4.78, 5) is 19.4. The molecule has 32 heavy (non-hydrogen) atoms. The Labute approximate surface area is 196 Å². The molecule has 1 N–H and O–H groups in total. The van der Waals surface area contributed by atoms with Crippen molar-refractivity contribution in [3.8, 4) is 16.3 Å². The third kappa shape index (κ3) is 5.65. The van der Waals surface area contributed by atoms with E-state index in [0.29, 0.717) is 11.6 Å². The van der Waals surface area contributed by atoms with Gasteiger partial charge in [-0.3, -0.25) is 9.69 Å². The summed E-state index contributed by atoms with van der Waals surface area (Å²) in [6, 6.07) is 12.8. The lowest BCUT2D eigenvalue weighted by Gasteiger charge is -2.32. The molecule has 5 nitrogen and oxygen atoms in total. The van der Waals surface area contributed by atoms with Crippen LogP contribution in [0.15, 0.2) is 47.8 Å². The maximum Gasteiger partial charge on any atom is 0.226 e. The minimum absolute atomic E-state index is 0.0170. The second kappa shape index (κ2) is 10.4. The van der Waals surface area contributed by atoms with E-state index in [1.807, 2.05) is 35.7 Å². The molecule has 1 saturated heterocycles. The fourth-order valence-electron chi connectivity index (χ4n) is 3.89. The first-order chi connectivity index (χ1) is 15.5. The van der Waals surface area contributed by atoms with Crippen LogP contribution in [0.2, 0.25) is 5.02 Å². The van der Waals surface area contributed by atoms with Crippen LogP contribution in [0.3, 0.4) is 0 Å². The molecule has 0 bridgehead atoms. The Morgan fingerprint density at radius 2 is 2.06 bits per heavy atom. The third-order valence-corrected chi connectivity index (χ3v) is 6.83. The molecule has 0 saturated carbocycles. The number of thiazole rings is 1. The highest BCUT2D eigenvalue weighted by Gasteiger charge is 2.21. The van der Waals surface area contributed by atoms with Crippen LogP contribution >= 0.6 is 22.9 Å². The molecule has 1 aliphatic heterocycles. The third-order valence-electron chi connectivity index (χ3n) is 5.57. The lowest BCUT2D eigenvalue weighted by Crippen LogP contribution is -2.44. The van der Waals surface area contributed by atoms with Crippen LogP contribution in [0.1, 0.15) is 24.1 Å². The van der Waals surface area contributed by atoms with E-state index in [1.54, 1.807) is 6.07 Å². The number of carbonyl (C=O) groups excluding carboxylic acids is 1. The first-order valence-corrected chi connectivity index (χ1v) is 11.8. The molecule has 1 aromatic heterocycles. The lowest BCUT2D eigenvalue weighted by molar-refractivity contribution is -0.121. The van der Waals surface area contributed by atoms with Crippen molar-refractivity contribution in [3.63, 3.8) is 0 Å². The maximum absolute atomic E-state index is 13.9. The van der Waals surface area contributed by atoms with Gasteiger partial charge < -0.3 is 10.1 Å². The van der Waals surface area contributed by atoms with E-state index in [2.05, 4.69) is 15.2 Å². The summed E-state index contributed by atoms with van der Waals surface area (Å²) in [5.41, 5.74) is 2.56. The van der Waals surface area contributed by atoms with Crippen molar-refractivity contribution in [2.75, 3.05) is 20.2 Å². The summed E-state index contributed by atoms with van der Waals surface area (Å²) in [5.74, 6) is -0.0992. The normalized spacial score (nSPS) is 15.0. The fourth-order valence-corrected chi connectivity index (χ4v) is 5.03. The van der Waals surface area contributed by atoms with Crippen molar-refractivity contribution in [3.05, 3.63) is 69.9 Å². The molecule has 0 radical (unpaired) electrons. The van der Waals surface area contributed by atoms with E-state index in [4.69, 9.17) is 16.3 Å². The molecular weight excluding hydrogens is 449 g/mol. The second-order valence-corrected chi connectivity index (χ2v) is 9.15. The number of piperidine rings is 1. The Morgan fingerprint density at radius 1 is 1.28 bits per heavy atom. The van der Waals surface area contributed by atoms with E-state index in [0.717, 1.165) is 47.8 Å². The first kappa shape index (κ1) is 22.7. The largest absolute Gasteiger partial charge is 0.494 e. The van der Waals surface area contributed by atoms with Gasteiger partial charge in [0.1, 0.15) is 5.01 Å². The summed E-state index contributed by atoms with van der Waals surface area (Å²) in [5, 5.41) is 6.52. The number of nitrogens with one attached hydrogen (secondary N) is 1. The van der Waals surface area contributed by atoms with Gasteiger partial charge in [-0.05, 0) is 36.6 Å². The van der Waals surface area contributed by atoms with E-state index in [1.165, 1.54) is 24.5 Å². The van der Waals surface area contributed by atoms with Gasteiger partial charge >= 0.3 is 0 Å². The van der Waals surface area contributed by atoms with Gasteiger partial charge in [0.25, 0.3) is 0 Å². The maximum atomic E-state index is 13.9. The first-order valence-electron chi connectivity index (χ1n) is 10.6. The van der Waals surface area contributed by atoms with Gasteiger partial charge in [0.15, 0.2) is 11.6 Å². The number of ether oxygens (including phenoxy) is 1. The Balaban J connectivity index is 1.24. The fraction of sp³-hybridized carbons (Fsp3) is 0.333. The van der Waals surface area contributed by atoms with Crippen molar-refractivity contribution >= 4 is 28.8 Å². The van der Waals surface area contributed by atoms with Crippen LogP contribution in [-0.4, -0.2) is 42.0 Å². The Morgan fingerprint density at radius 3 is 2.78 bits per heavy atom. The highest BCUT2D eigenvalue weighted by atomic mass is 35.5. The molecule has 1 fully saturated rings. The number of hydrogen-bond acceptors (Lipinski definition) is 5. The molecule has 0 spiro atoms. The number of rotatable bonds is 7. The SMILES string of the molecule is COc1ccc(CN2CCC(NC(=O)Cc3csc(-c4ccccc4Cl)n3)CC2)cc1F. The van der Waals surface area contributed by atoms with E-state index >= 15 is 0 Å². The Hall–Kier alpha value is -2.48. The number of hydrogen-bond donors (Lipinski definition) is 1. The van der Waals surface area contributed by atoms with E-state index in [-0.39, 0.29) is 29.9 Å². The molecule has 2 heterocycles. The van der Waals surface area contributed by atoms with Crippen molar-refractivity contribution in [2.24, 2.45) is 0 Å². The lowest BCUT2D eigenvalue weighted by atomic mass is 10.0. The van der Waals surface area contributed by atoms with Gasteiger partial charge in [-0.25, -0.2) is 9.37 Å². The number of amides is 1. The van der Waals surface area contributed by atoms with Gasteiger partial charge in [0, 0.05) is 36.6 Å². The molecule has 1 amide bonds. The zero-order chi connectivity index (χ0) is 22.5. The number of likely N-dealkylation sites (tertiary alicyclic amines) is 1. The van der Waals surface area contributed by atoms with Crippen LogP contribution in [-0.2, 0) is 17.8 Å². The number of halogens is 2. The highest BCUT2D eigenvalue weighted by Crippen LogP contribution is 2.30. The molecule has 0 atom stereocenters. The number of nitrogens with zero attached hydrogens (tertiary/aromatic N) is 2. The summed E-state index contributed by atoms with van der Waals surface area (Å²) in [7, 11) is 1.46. The van der Waals surface area contributed by atoms with Crippen LogP contribution in [0.4, 0.5) is 4.39 Å². The number of carbonyl (C=O) groups is 1. The summed E-state index contributed by atoms with van der Waals surface area (Å²) in [6.45, 7) is 2.39. The predicted molar refractivity (Wildman–Crippen MR) is 126 cm³/mol. The van der Waals surface area contributed by atoms with Crippen molar-refractivity contribution in [1.29, 1.82) is 0 Å². The van der Waals surface area contributed by atoms with E-state index in [9.17, 15) is 9.18 Å². The molecular formula is C24H25ClFN3O2S. The monoisotopic (exact) mass is 473 g/mol. The van der Waals surface area contributed by atoms with Crippen LogP contribution < -0.4 is 10.1 Å². The molecule has 3 aromatic rings. The van der Waals surface area contributed by atoms with Gasteiger partial charge in [-0.1, -0.05) is 35.9 Å². The molecule has 2 aromatic carbocycles. The average Bonchev–Trinajstić information content (AvgIpc) is 3.23.